The summed E-state index contributed by atoms with van der Waals surface area (Å²) in [5.41, 5.74) is 11.3. The number of nitriles is 1. The van der Waals surface area contributed by atoms with Crippen molar-refractivity contribution in [1.82, 2.24) is 29.9 Å². The van der Waals surface area contributed by atoms with E-state index >= 15 is 0 Å². The number of anilines is 1. The van der Waals surface area contributed by atoms with Crippen LogP contribution in [0.2, 0.25) is 0 Å². The molecule has 0 atom stereocenters. The van der Waals surface area contributed by atoms with Crippen LogP contribution >= 0.6 is 0 Å². The SMILES string of the molecule is N#Cc1cccc(-c2cc(-c3cn(Cc4cccc(C5CCCCC5)n4)nn3)nc(N)n2)c1.O=C=O. The molecule has 0 unspecified atom stereocenters. The lowest BCUT2D eigenvalue weighted by atomic mass is 9.86. The Morgan fingerprint density at radius 1 is 0.944 bits per heavy atom. The zero-order valence-electron chi connectivity index (χ0n) is 19.5. The molecule has 5 rings (SSSR count). The maximum atomic E-state index is 9.18. The predicted octanol–water partition coefficient (Wildman–Crippen LogP) is 3.76. The number of pyridine rings is 1. The molecule has 1 aromatic carbocycles. The van der Waals surface area contributed by atoms with Crippen LogP contribution in [-0.4, -0.2) is 36.1 Å². The first-order chi connectivity index (χ1) is 17.6. The van der Waals surface area contributed by atoms with Crippen molar-refractivity contribution >= 4 is 12.1 Å². The van der Waals surface area contributed by atoms with E-state index in [4.69, 9.17) is 20.3 Å². The maximum Gasteiger partial charge on any atom is 0.373 e. The van der Waals surface area contributed by atoms with Gasteiger partial charge in [0, 0.05) is 17.2 Å². The summed E-state index contributed by atoms with van der Waals surface area (Å²) >= 11 is 0. The Labute approximate surface area is 207 Å². The summed E-state index contributed by atoms with van der Waals surface area (Å²) in [6.07, 6.45) is 8.43. The van der Waals surface area contributed by atoms with Gasteiger partial charge in [0.2, 0.25) is 5.95 Å². The Morgan fingerprint density at radius 3 is 2.47 bits per heavy atom. The van der Waals surface area contributed by atoms with Crippen LogP contribution in [0.25, 0.3) is 22.6 Å². The summed E-state index contributed by atoms with van der Waals surface area (Å²) in [5, 5.41) is 17.7. The van der Waals surface area contributed by atoms with Crippen molar-refractivity contribution in [1.29, 1.82) is 5.26 Å². The monoisotopic (exact) mass is 480 g/mol. The van der Waals surface area contributed by atoms with Crippen LogP contribution in [0.15, 0.2) is 54.7 Å². The van der Waals surface area contributed by atoms with Crippen molar-refractivity contribution in [3.05, 3.63) is 71.7 Å². The Hall–Kier alpha value is -4.74. The second-order valence-electron chi connectivity index (χ2n) is 8.46. The van der Waals surface area contributed by atoms with E-state index in [1.165, 1.54) is 37.8 Å². The third-order valence-corrected chi connectivity index (χ3v) is 6.01. The van der Waals surface area contributed by atoms with Crippen LogP contribution in [0.4, 0.5) is 5.95 Å². The summed E-state index contributed by atoms with van der Waals surface area (Å²) in [5.74, 6) is 0.702. The first kappa shape index (κ1) is 24.4. The highest BCUT2D eigenvalue weighted by atomic mass is 16.2. The molecule has 1 aliphatic carbocycles. The molecule has 36 heavy (non-hydrogen) atoms. The smallest absolute Gasteiger partial charge is 0.368 e. The third-order valence-electron chi connectivity index (χ3n) is 6.01. The van der Waals surface area contributed by atoms with Gasteiger partial charge in [-0.3, -0.25) is 4.98 Å². The Morgan fingerprint density at radius 2 is 1.69 bits per heavy atom. The number of hydrogen-bond acceptors (Lipinski definition) is 9. The molecule has 3 aromatic heterocycles. The zero-order valence-corrected chi connectivity index (χ0v) is 19.5. The molecule has 0 saturated heterocycles. The van der Waals surface area contributed by atoms with Gasteiger partial charge in [-0.1, -0.05) is 42.7 Å². The second kappa shape index (κ2) is 11.6. The molecule has 2 N–H and O–H groups in total. The van der Waals surface area contributed by atoms with Gasteiger partial charge in [0.15, 0.2) is 0 Å². The molecule has 0 aliphatic heterocycles. The lowest BCUT2D eigenvalue weighted by Gasteiger charge is -2.21. The Bertz CT molecular complexity index is 1410. The van der Waals surface area contributed by atoms with Gasteiger partial charge in [-0.05, 0) is 43.2 Å². The lowest BCUT2D eigenvalue weighted by Crippen LogP contribution is -2.09. The van der Waals surface area contributed by atoms with Gasteiger partial charge in [0.1, 0.15) is 5.69 Å². The van der Waals surface area contributed by atoms with Crippen molar-refractivity contribution in [2.24, 2.45) is 0 Å². The molecule has 0 bridgehead atoms. The first-order valence-electron chi connectivity index (χ1n) is 11.6. The summed E-state index contributed by atoms with van der Waals surface area (Å²) in [6.45, 7) is 0.533. The molecule has 3 heterocycles. The number of benzene rings is 1. The average Bonchev–Trinajstić information content (AvgIpc) is 3.38. The van der Waals surface area contributed by atoms with Crippen LogP contribution in [0.5, 0.6) is 0 Å². The number of aromatic nitrogens is 6. The minimum absolute atomic E-state index is 0.140. The third kappa shape index (κ3) is 6.03. The zero-order chi connectivity index (χ0) is 25.3. The predicted molar refractivity (Wildman–Crippen MR) is 130 cm³/mol. The molecule has 1 aliphatic rings. The van der Waals surface area contributed by atoms with Crippen LogP contribution in [0, 0.1) is 11.3 Å². The van der Waals surface area contributed by atoms with Crippen molar-refractivity contribution < 1.29 is 9.59 Å². The fourth-order valence-electron chi connectivity index (χ4n) is 4.36. The number of nitrogen functional groups attached to an aromatic ring is 1. The first-order valence-corrected chi connectivity index (χ1v) is 11.6. The fraction of sp³-hybridized carbons (Fsp3) is 0.269. The lowest BCUT2D eigenvalue weighted by molar-refractivity contribution is -0.191. The molecule has 4 aromatic rings. The van der Waals surface area contributed by atoms with Crippen LogP contribution < -0.4 is 5.73 Å². The van der Waals surface area contributed by atoms with Gasteiger partial charge in [-0.15, -0.1) is 5.10 Å². The topological polar surface area (TPSA) is 153 Å². The van der Waals surface area contributed by atoms with Gasteiger partial charge in [0.25, 0.3) is 0 Å². The second-order valence-corrected chi connectivity index (χ2v) is 8.46. The van der Waals surface area contributed by atoms with Crippen LogP contribution in [-0.2, 0) is 16.1 Å². The molecule has 0 radical (unpaired) electrons. The van der Waals surface area contributed by atoms with Crippen molar-refractivity contribution in [3.8, 4) is 28.7 Å². The summed E-state index contributed by atoms with van der Waals surface area (Å²) in [4.78, 5) is 29.8. The average molecular weight is 481 g/mol. The number of nitrogens with two attached hydrogens (primary N) is 1. The van der Waals surface area contributed by atoms with E-state index in [9.17, 15) is 5.26 Å². The van der Waals surface area contributed by atoms with E-state index in [0.29, 0.717) is 35.1 Å². The van der Waals surface area contributed by atoms with Crippen molar-refractivity contribution in [2.45, 2.75) is 44.6 Å². The van der Waals surface area contributed by atoms with E-state index in [1.807, 2.05) is 30.5 Å². The van der Waals surface area contributed by atoms with E-state index < -0.39 is 0 Å². The molecule has 0 spiro atoms. The molecule has 10 heteroatoms. The molecule has 1 saturated carbocycles. The van der Waals surface area contributed by atoms with Crippen molar-refractivity contribution in [3.63, 3.8) is 0 Å². The van der Waals surface area contributed by atoms with Gasteiger partial charge in [-0.25, -0.2) is 14.6 Å². The van der Waals surface area contributed by atoms with E-state index in [0.717, 1.165) is 11.3 Å². The minimum Gasteiger partial charge on any atom is -0.368 e. The molecule has 180 valence electrons. The van der Waals surface area contributed by atoms with Crippen molar-refractivity contribution in [2.75, 3.05) is 5.73 Å². The molecule has 10 nitrogen and oxygen atoms in total. The van der Waals surface area contributed by atoms with Gasteiger partial charge in [-0.2, -0.15) is 14.9 Å². The number of carbonyl (C=O) groups excluding carboxylic acids is 2. The Kier molecular flexibility index (Phi) is 7.86. The van der Waals surface area contributed by atoms with Gasteiger partial charge >= 0.3 is 6.15 Å². The fourth-order valence-corrected chi connectivity index (χ4v) is 4.36. The summed E-state index contributed by atoms with van der Waals surface area (Å²) in [7, 11) is 0. The number of rotatable bonds is 5. The number of nitrogens with zero attached hydrogens (tertiary/aromatic N) is 7. The minimum atomic E-state index is 0.140. The van der Waals surface area contributed by atoms with E-state index in [1.54, 1.807) is 16.8 Å². The maximum absolute atomic E-state index is 9.18. The van der Waals surface area contributed by atoms with E-state index in [-0.39, 0.29) is 12.1 Å². The van der Waals surface area contributed by atoms with E-state index in [2.05, 4.69) is 38.5 Å². The number of hydrogen-bond donors (Lipinski definition) is 1. The largest absolute Gasteiger partial charge is 0.373 e. The highest BCUT2D eigenvalue weighted by Gasteiger charge is 2.17. The van der Waals surface area contributed by atoms with Crippen LogP contribution in [0.3, 0.4) is 0 Å². The highest BCUT2D eigenvalue weighted by molar-refractivity contribution is 5.68. The quantitative estimate of drug-likeness (QED) is 0.449. The molecular formula is C26H24N8O2. The standard InChI is InChI=1S/C25H24N8.CO2/c26-14-17-6-4-9-19(12-17)22-13-23(30-25(27)29-22)24-16-33(32-31-24)15-20-10-5-11-21(28-20)18-7-2-1-3-8-18;2-1-3/h4-6,9-13,16,18H,1-3,7-8,15H2,(H2,27,29,30);. The normalized spacial score (nSPS) is 13.2. The molecule has 1 fully saturated rings. The van der Waals surface area contributed by atoms with Gasteiger partial charge in [0.05, 0.1) is 41.5 Å². The van der Waals surface area contributed by atoms with Gasteiger partial charge < -0.3 is 5.73 Å². The van der Waals surface area contributed by atoms with Crippen LogP contribution in [0.1, 0.15) is 55.0 Å². The summed E-state index contributed by atoms with van der Waals surface area (Å²) < 4.78 is 1.76. The highest BCUT2D eigenvalue weighted by Crippen LogP contribution is 2.31. The molecule has 0 amide bonds. The Balaban J connectivity index is 0.000000967. The summed E-state index contributed by atoms with van der Waals surface area (Å²) in [6, 6.07) is 17.4. The molecular weight excluding hydrogens is 456 g/mol.